The maximum absolute atomic E-state index is 5.82. The molecule has 0 bridgehead atoms. The topological polar surface area (TPSA) is 52.6 Å². The Morgan fingerprint density at radius 2 is 1.83 bits per heavy atom. The van der Waals surface area contributed by atoms with Gasteiger partial charge in [-0.05, 0) is 32.4 Å². The molecule has 0 aromatic heterocycles. The summed E-state index contributed by atoms with van der Waals surface area (Å²) in [6, 6.07) is 8.25. The molecule has 3 rings (SSSR count). The van der Waals surface area contributed by atoms with Crippen LogP contribution in [0.1, 0.15) is 20.3 Å². The Morgan fingerprint density at radius 1 is 1.14 bits per heavy atom. The molecule has 7 heteroatoms. The number of hydrogen-bond acceptors (Lipinski definition) is 5. The number of nitrogens with zero attached hydrogens (tertiary/aromatic N) is 4. The quantitative estimate of drug-likeness (QED) is 0.445. The lowest BCUT2D eigenvalue weighted by Crippen LogP contribution is -2.53. The van der Waals surface area contributed by atoms with Crippen LogP contribution < -0.4 is 15.0 Å². The van der Waals surface area contributed by atoms with Crippen LogP contribution in [0.3, 0.4) is 0 Å². The molecule has 2 heterocycles. The number of hydrogen-bond donors (Lipinski definition) is 1. The Balaban J connectivity index is 1.41. The molecule has 1 aromatic carbocycles. The Kier molecular flexibility index (Phi) is 8.00. The highest BCUT2D eigenvalue weighted by molar-refractivity contribution is 5.80. The molecular formula is C22H37N5O2. The van der Waals surface area contributed by atoms with E-state index in [2.05, 4.69) is 51.0 Å². The highest BCUT2D eigenvalue weighted by Crippen LogP contribution is 2.28. The van der Waals surface area contributed by atoms with Crippen LogP contribution in [-0.2, 0) is 4.74 Å². The third-order valence-electron chi connectivity index (χ3n) is 5.65. The van der Waals surface area contributed by atoms with Crippen molar-refractivity contribution in [3.8, 4) is 5.75 Å². The highest BCUT2D eigenvalue weighted by atomic mass is 16.5. The summed E-state index contributed by atoms with van der Waals surface area (Å²) in [6.45, 7) is 12.3. The molecule has 1 N–H and O–H groups in total. The molecule has 29 heavy (non-hydrogen) atoms. The lowest BCUT2D eigenvalue weighted by Gasteiger charge is -2.38. The molecule has 2 fully saturated rings. The number of rotatable bonds is 6. The fraction of sp³-hybridized carbons (Fsp3) is 0.682. The van der Waals surface area contributed by atoms with Gasteiger partial charge in [0.1, 0.15) is 5.75 Å². The molecule has 0 aliphatic carbocycles. The zero-order valence-electron chi connectivity index (χ0n) is 18.4. The number of morpholine rings is 1. The second-order valence-electron chi connectivity index (χ2n) is 7.99. The van der Waals surface area contributed by atoms with E-state index in [9.17, 15) is 0 Å². The van der Waals surface area contributed by atoms with Crippen molar-refractivity contribution in [2.75, 3.05) is 71.4 Å². The van der Waals surface area contributed by atoms with Crippen LogP contribution in [0.25, 0.3) is 0 Å². The van der Waals surface area contributed by atoms with Crippen molar-refractivity contribution < 1.29 is 9.47 Å². The smallest absolute Gasteiger partial charge is 0.193 e. The molecule has 0 radical (unpaired) electrons. The summed E-state index contributed by atoms with van der Waals surface area (Å²) in [5, 5.41) is 3.55. The van der Waals surface area contributed by atoms with E-state index in [4.69, 9.17) is 9.47 Å². The van der Waals surface area contributed by atoms with E-state index in [0.717, 1.165) is 70.5 Å². The standard InChI is InChI=1S/C22H37N5O2/c1-18-16-25(17-19(2)29-18)11-7-10-24-22(23-3)27-14-12-26(13-15-27)20-8-5-6-9-21(20)28-4/h5-6,8-9,18-19H,7,10-17H2,1-4H3,(H,23,24). The van der Waals surface area contributed by atoms with Crippen LogP contribution in [0, 0.1) is 0 Å². The number of piperazine rings is 1. The van der Waals surface area contributed by atoms with Crippen LogP contribution in [0.2, 0.25) is 0 Å². The third kappa shape index (κ3) is 6.00. The monoisotopic (exact) mass is 403 g/mol. The first kappa shape index (κ1) is 21.7. The molecule has 1 aromatic rings. The van der Waals surface area contributed by atoms with E-state index >= 15 is 0 Å². The number of methoxy groups -OCH3 is 1. The third-order valence-corrected chi connectivity index (χ3v) is 5.65. The van der Waals surface area contributed by atoms with Gasteiger partial charge in [0, 0.05) is 59.4 Å². The molecular weight excluding hydrogens is 366 g/mol. The molecule has 2 aliphatic rings. The highest BCUT2D eigenvalue weighted by Gasteiger charge is 2.23. The Labute approximate surface area is 175 Å². The average Bonchev–Trinajstić information content (AvgIpc) is 2.73. The van der Waals surface area contributed by atoms with Crippen molar-refractivity contribution in [2.24, 2.45) is 4.99 Å². The number of benzene rings is 1. The second kappa shape index (κ2) is 10.7. The Bertz CT molecular complexity index is 650. The fourth-order valence-electron chi connectivity index (χ4n) is 4.35. The van der Waals surface area contributed by atoms with Gasteiger partial charge in [0.05, 0.1) is 25.0 Å². The summed E-state index contributed by atoms with van der Waals surface area (Å²) in [5.41, 5.74) is 1.17. The SMILES string of the molecule is CN=C(NCCCN1CC(C)OC(C)C1)N1CCN(c2ccccc2OC)CC1. The molecule has 2 unspecified atom stereocenters. The molecule has 2 aliphatic heterocycles. The summed E-state index contributed by atoms with van der Waals surface area (Å²) in [4.78, 5) is 11.8. The van der Waals surface area contributed by atoms with Gasteiger partial charge in [0.2, 0.25) is 0 Å². The van der Waals surface area contributed by atoms with Gasteiger partial charge >= 0.3 is 0 Å². The van der Waals surface area contributed by atoms with Crippen LogP contribution in [0.5, 0.6) is 5.75 Å². The van der Waals surface area contributed by atoms with Crippen molar-refractivity contribution >= 4 is 11.6 Å². The van der Waals surface area contributed by atoms with Gasteiger partial charge in [0.15, 0.2) is 5.96 Å². The molecule has 162 valence electrons. The lowest BCUT2D eigenvalue weighted by atomic mass is 10.2. The van der Waals surface area contributed by atoms with E-state index in [1.807, 2.05) is 19.2 Å². The minimum absolute atomic E-state index is 0.332. The number of aliphatic imine (C=N–C) groups is 1. The summed E-state index contributed by atoms with van der Waals surface area (Å²) in [7, 11) is 3.61. The fourth-order valence-corrected chi connectivity index (χ4v) is 4.35. The molecule has 0 spiro atoms. The Morgan fingerprint density at radius 3 is 2.48 bits per heavy atom. The molecule has 2 atom stereocenters. The zero-order chi connectivity index (χ0) is 20.6. The second-order valence-corrected chi connectivity index (χ2v) is 7.99. The van der Waals surface area contributed by atoms with Gasteiger partial charge in [-0.25, -0.2) is 0 Å². The van der Waals surface area contributed by atoms with Crippen molar-refractivity contribution in [1.82, 2.24) is 15.1 Å². The zero-order valence-corrected chi connectivity index (χ0v) is 18.4. The summed E-state index contributed by atoms with van der Waals surface area (Å²) in [6.07, 6.45) is 1.78. The minimum atomic E-state index is 0.332. The van der Waals surface area contributed by atoms with Gasteiger partial charge < -0.3 is 24.6 Å². The van der Waals surface area contributed by atoms with E-state index in [0.29, 0.717) is 12.2 Å². The summed E-state index contributed by atoms with van der Waals surface area (Å²) < 4.78 is 11.3. The van der Waals surface area contributed by atoms with Crippen molar-refractivity contribution in [1.29, 1.82) is 0 Å². The van der Waals surface area contributed by atoms with E-state index < -0.39 is 0 Å². The first-order valence-corrected chi connectivity index (χ1v) is 10.8. The molecule has 0 amide bonds. The van der Waals surface area contributed by atoms with Crippen LogP contribution >= 0.6 is 0 Å². The van der Waals surface area contributed by atoms with Crippen molar-refractivity contribution in [3.05, 3.63) is 24.3 Å². The summed E-state index contributed by atoms with van der Waals surface area (Å²) >= 11 is 0. The maximum Gasteiger partial charge on any atom is 0.193 e. The van der Waals surface area contributed by atoms with Crippen molar-refractivity contribution in [2.45, 2.75) is 32.5 Å². The number of anilines is 1. The predicted molar refractivity (Wildman–Crippen MR) is 119 cm³/mol. The Hall–Kier alpha value is -1.99. The van der Waals surface area contributed by atoms with Gasteiger partial charge in [-0.15, -0.1) is 0 Å². The first-order valence-electron chi connectivity index (χ1n) is 10.8. The minimum Gasteiger partial charge on any atom is -0.495 e. The lowest BCUT2D eigenvalue weighted by molar-refractivity contribution is -0.0679. The number of ether oxygens (including phenoxy) is 2. The predicted octanol–water partition coefficient (Wildman–Crippen LogP) is 1.89. The summed E-state index contributed by atoms with van der Waals surface area (Å²) in [5.74, 6) is 1.95. The number of nitrogens with one attached hydrogen (secondary N) is 1. The van der Waals surface area contributed by atoms with Gasteiger partial charge in [-0.3, -0.25) is 9.89 Å². The van der Waals surface area contributed by atoms with Crippen LogP contribution in [0.4, 0.5) is 5.69 Å². The van der Waals surface area contributed by atoms with E-state index in [-0.39, 0.29) is 0 Å². The van der Waals surface area contributed by atoms with Crippen LogP contribution in [0.15, 0.2) is 29.3 Å². The largest absolute Gasteiger partial charge is 0.495 e. The number of guanidine groups is 1. The maximum atomic E-state index is 5.82. The molecule has 0 saturated carbocycles. The molecule has 7 nitrogen and oxygen atoms in total. The number of para-hydroxylation sites is 2. The van der Waals surface area contributed by atoms with Crippen LogP contribution in [-0.4, -0.2) is 94.5 Å². The van der Waals surface area contributed by atoms with Gasteiger partial charge in [0.25, 0.3) is 0 Å². The van der Waals surface area contributed by atoms with E-state index in [1.165, 1.54) is 5.69 Å². The van der Waals surface area contributed by atoms with Crippen molar-refractivity contribution in [3.63, 3.8) is 0 Å². The average molecular weight is 404 g/mol. The van der Waals surface area contributed by atoms with Gasteiger partial charge in [-0.2, -0.15) is 0 Å². The first-order chi connectivity index (χ1) is 14.1. The molecule has 2 saturated heterocycles. The van der Waals surface area contributed by atoms with E-state index in [1.54, 1.807) is 7.11 Å². The normalized spacial score (nSPS) is 23.9. The van der Waals surface area contributed by atoms with Gasteiger partial charge in [-0.1, -0.05) is 12.1 Å².